The lowest BCUT2D eigenvalue weighted by Crippen LogP contribution is -2.22. The fourth-order valence-electron chi connectivity index (χ4n) is 1.00. The third kappa shape index (κ3) is 2.98. The van der Waals surface area contributed by atoms with E-state index in [0.717, 1.165) is 11.8 Å². The maximum atomic E-state index is 10.3. The van der Waals surface area contributed by atoms with Crippen LogP contribution in [-0.2, 0) is 4.79 Å². The number of para-hydroxylation sites is 1. The van der Waals surface area contributed by atoms with Crippen LogP contribution in [0.1, 0.15) is 5.56 Å². The molecule has 0 aliphatic rings. The van der Waals surface area contributed by atoms with Gasteiger partial charge in [-0.2, -0.15) is 0 Å². The summed E-state index contributed by atoms with van der Waals surface area (Å²) >= 11 is 0. The van der Waals surface area contributed by atoms with Crippen molar-refractivity contribution < 1.29 is 9.72 Å². The van der Waals surface area contributed by atoms with Gasteiger partial charge >= 0.3 is 6.04 Å². The number of hydrogen-bond acceptors (Lipinski definition) is 4. The Hall–Kier alpha value is -2.04. The SMILES string of the molecule is Cc1ccccc1N=C[C@@H](C=O)[N+](=O)[O-]. The quantitative estimate of drug-likeness (QED) is 0.324. The Bertz CT molecular complexity index is 401. The van der Waals surface area contributed by atoms with E-state index in [1.165, 1.54) is 0 Å². The highest BCUT2D eigenvalue weighted by atomic mass is 16.6. The van der Waals surface area contributed by atoms with E-state index in [4.69, 9.17) is 0 Å². The second-order valence-electron chi connectivity index (χ2n) is 2.98. The number of nitro groups is 1. The summed E-state index contributed by atoms with van der Waals surface area (Å²) in [5.41, 5.74) is 1.54. The minimum Gasteiger partial charge on any atom is -0.295 e. The molecular weight excluding hydrogens is 196 g/mol. The highest BCUT2D eigenvalue weighted by Gasteiger charge is 2.14. The van der Waals surface area contributed by atoms with Gasteiger partial charge in [-0.15, -0.1) is 0 Å². The Morgan fingerprint density at radius 2 is 2.13 bits per heavy atom. The zero-order valence-corrected chi connectivity index (χ0v) is 8.16. The average Bonchev–Trinajstić information content (AvgIpc) is 2.21. The van der Waals surface area contributed by atoms with Crippen LogP contribution in [0.2, 0.25) is 0 Å². The van der Waals surface area contributed by atoms with Crippen molar-refractivity contribution in [2.75, 3.05) is 0 Å². The van der Waals surface area contributed by atoms with Crippen LogP contribution in [-0.4, -0.2) is 23.5 Å². The summed E-state index contributed by atoms with van der Waals surface area (Å²) in [7, 11) is 0. The summed E-state index contributed by atoms with van der Waals surface area (Å²) < 4.78 is 0. The second kappa shape index (κ2) is 4.99. The van der Waals surface area contributed by atoms with Crippen molar-refractivity contribution in [3.8, 4) is 0 Å². The van der Waals surface area contributed by atoms with Gasteiger partial charge in [0.2, 0.25) is 0 Å². The van der Waals surface area contributed by atoms with Gasteiger partial charge in [-0.1, -0.05) is 18.2 Å². The Labute approximate surface area is 86.6 Å². The molecule has 0 aromatic heterocycles. The van der Waals surface area contributed by atoms with E-state index in [0.29, 0.717) is 5.69 Å². The molecule has 0 bridgehead atoms. The minimum absolute atomic E-state index is 0.252. The van der Waals surface area contributed by atoms with E-state index in [9.17, 15) is 14.9 Å². The van der Waals surface area contributed by atoms with Crippen LogP contribution < -0.4 is 0 Å². The number of rotatable bonds is 4. The maximum absolute atomic E-state index is 10.3. The zero-order valence-electron chi connectivity index (χ0n) is 8.16. The van der Waals surface area contributed by atoms with Gasteiger partial charge in [0.15, 0.2) is 6.29 Å². The first kappa shape index (κ1) is 11.0. The zero-order chi connectivity index (χ0) is 11.3. The summed E-state index contributed by atoms with van der Waals surface area (Å²) in [4.78, 5) is 23.9. The van der Waals surface area contributed by atoms with Crippen molar-refractivity contribution in [1.82, 2.24) is 0 Å². The number of aliphatic imine (C=N–C) groups is 1. The van der Waals surface area contributed by atoms with Gasteiger partial charge in [0.25, 0.3) is 0 Å². The van der Waals surface area contributed by atoms with Crippen molar-refractivity contribution in [3.63, 3.8) is 0 Å². The lowest BCUT2D eigenvalue weighted by molar-refractivity contribution is -0.485. The first-order valence-corrected chi connectivity index (χ1v) is 4.33. The fourth-order valence-corrected chi connectivity index (χ4v) is 1.00. The average molecular weight is 206 g/mol. The highest BCUT2D eigenvalue weighted by molar-refractivity contribution is 5.85. The molecule has 15 heavy (non-hydrogen) atoms. The second-order valence-corrected chi connectivity index (χ2v) is 2.98. The molecule has 1 rings (SSSR count). The third-order valence-corrected chi connectivity index (χ3v) is 1.86. The maximum Gasteiger partial charge on any atom is 0.302 e. The number of aryl methyl sites for hydroxylation is 1. The summed E-state index contributed by atoms with van der Waals surface area (Å²) in [5, 5.41) is 10.3. The molecule has 0 amide bonds. The standard InChI is InChI=1S/C10H10N2O3/c1-8-4-2-3-5-10(8)11-6-9(7-13)12(14)15/h2-7,9H,1H3/t9-/m0/s1. The smallest absolute Gasteiger partial charge is 0.295 e. The summed E-state index contributed by atoms with van der Waals surface area (Å²) in [5.74, 6) is 0. The summed E-state index contributed by atoms with van der Waals surface area (Å²) in [6.45, 7) is 1.84. The van der Waals surface area contributed by atoms with Crippen molar-refractivity contribution in [2.24, 2.45) is 4.99 Å². The van der Waals surface area contributed by atoms with Crippen LogP contribution in [0, 0.1) is 17.0 Å². The molecular formula is C10H10N2O3. The van der Waals surface area contributed by atoms with Gasteiger partial charge in [0.05, 0.1) is 11.9 Å². The number of benzene rings is 1. The third-order valence-electron chi connectivity index (χ3n) is 1.86. The Morgan fingerprint density at radius 1 is 1.47 bits per heavy atom. The lowest BCUT2D eigenvalue weighted by atomic mass is 10.2. The number of carbonyl (C=O) groups excluding carboxylic acids is 1. The van der Waals surface area contributed by atoms with Gasteiger partial charge in [0.1, 0.15) is 0 Å². The molecule has 0 aliphatic heterocycles. The molecule has 1 aromatic rings. The van der Waals surface area contributed by atoms with E-state index in [-0.39, 0.29) is 6.29 Å². The Kier molecular flexibility index (Phi) is 3.68. The van der Waals surface area contributed by atoms with Crippen LogP contribution in [0.3, 0.4) is 0 Å². The molecule has 0 spiro atoms. The summed E-state index contributed by atoms with van der Waals surface area (Å²) in [6.07, 6.45) is 1.29. The Morgan fingerprint density at radius 3 is 2.67 bits per heavy atom. The van der Waals surface area contributed by atoms with Gasteiger partial charge in [-0.05, 0) is 18.6 Å². The van der Waals surface area contributed by atoms with Crippen molar-refractivity contribution >= 4 is 18.2 Å². The molecule has 5 heteroatoms. The van der Waals surface area contributed by atoms with Gasteiger partial charge < -0.3 is 0 Å². The first-order valence-electron chi connectivity index (χ1n) is 4.33. The minimum atomic E-state index is -1.37. The Balaban J connectivity index is 2.85. The molecule has 1 aromatic carbocycles. The molecule has 0 saturated heterocycles. The molecule has 0 heterocycles. The number of carbonyl (C=O) groups is 1. The van der Waals surface area contributed by atoms with E-state index in [1.807, 2.05) is 19.1 Å². The van der Waals surface area contributed by atoms with Crippen molar-refractivity contribution in [2.45, 2.75) is 13.0 Å². The molecule has 0 saturated carbocycles. The molecule has 0 radical (unpaired) electrons. The van der Waals surface area contributed by atoms with E-state index in [2.05, 4.69) is 4.99 Å². The highest BCUT2D eigenvalue weighted by Crippen LogP contribution is 2.16. The largest absolute Gasteiger partial charge is 0.302 e. The summed E-state index contributed by atoms with van der Waals surface area (Å²) in [6, 6.07) is 5.83. The lowest BCUT2D eigenvalue weighted by Gasteiger charge is -1.98. The fraction of sp³-hybridized carbons (Fsp3) is 0.200. The molecule has 0 unspecified atom stereocenters. The number of aldehydes is 1. The molecule has 0 fully saturated rings. The topological polar surface area (TPSA) is 72.6 Å². The van der Waals surface area contributed by atoms with Gasteiger partial charge in [0, 0.05) is 4.92 Å². The predicted octanol–water partition coefficient (Wildman–Crippen LogP) is 1.54. The van der Waals surface area contributed by atoms with Gasteiger partial charge in [-0.25, -0.2) is 0 Å². The molecule has 5 nitrogen and oxygen atoms in total. The molecule has 78 valence electrons. The normalized spacial score (nSPS) is 12.6. The van der Waals surface area contributed by atoms with Crippen molar-refractivity contribution in [1.29, 1.82) is 0 Å². The van der Waals surface area contributed by atoms with Crippen LogP contribution in [0.4, 0.5) is 5.69 Å². The van der Waals surface area contributed by atoms with E-state index < -0.39 is 11.0 Å². The van der Waals surface area contributed by atoms with Crippen molar-refractivity contribution in [3.05, 3.63) is 39.9 Å². The number of nitrogens with zero attached hydrogens (tertiary/aromatic N) is 2. The van der Waals surface area contributed by atoms with Gasteiger partial charge in [-0.3, -0.25) is 19.9 Å². The van der Waals surface area contributed by atoms with Crippen LogP contribution in [0.15, 0.2) is 29.3 Å². The number of hydrogen-bond donors (Lipinski definition) is 0. The molecule has 0 N–H and O–H groups in total. The molecule has 0 aliphatic carbocycles. The predicted molar refractivity (Wildman–Crippen MR) is 56.2 cm³/mol. The molecule has 1 atom stereocenters. The first-order chi connectivity index (χ1) is 7.15. The van der Waals surface area contributed by atoms with Crippen LogP contribution in [0.25, 0.3) is 0 Å². The van der Waals surface area contributed by atoms with Crippen LogP contribution >= 0.6 is 0 Å². The van der Waals surface area contributed by atoms with Crippen LogP contribution in [0.5, 0.6) is 0 Å². The van der Waals surface area contributed by atoms with E-state index in [1.54, 1.807) is 12.1 Å². The monoisotopic (exact) mass is 206 g/mol. The van der Waals surface area contributed by atoms with E-state index >= 15 is 0 Å².